The van der Waals surface area contributed by atoms with Crippen LogP contribution in [-0.4, -0.2) is 35.5 Å². The van der Waals surface area contributed by atoms with Gasteiger partial charge in [0.2, 0.25) is 5.88 Å². The highest BCUT2D eigenvalue weighted by molar-refractivity contribution is 7.71. The molecule has 3 N–H and O–H groups in total. The maximum atomic E-state index is 11.7. The van der Waals surface area contributed by atoms with E-state index in [1.54, 1.807) is 18.2 Å². The van der Waals surface area contributed by atoms with Crippen molar-refractivity contribution in [3.63, 3.8) is 0 Å². The number of rotatable bonds is 4. The zero-order valence-electron chi connectivity index (χ0n) is 11.3. The summed E-state index contributed by atoms with van der Waals surface area (Å²) < 4.78 is 10.3. The summed E-state index contributed by atoms with van der Waals surface area (Å²) in [4.78, 5) is 20.6. The number of hydrogen-bond donors (Lipinski definition) is 3. The molecule has 1 heterocycles. The molecule has 0 spiro atoms. The van der Waals surface area contributed by atoms with Crippen LogP contribution < -0.4 is 15.0 Å². The Morgan fingerprint density at radius 1 is 1.24 bits per heavy atom. The Hall–Kier alpha value is -2.61. The van der Waals surface area contributed by atoms with E-state index in [1.807, 2.05) is 0 Å². The lowest BCUT2D eigenvalue weighted by molar-refractivity contribution is 0.355. The highest BCUT2D eigenvalue weighted by Crippen LogP contribution is 2.30. The predicted octanol–water partition coefficient (Wildman–Crippen LogP) is 1.91. The number of nitrogens with zero attached hydrogens (tertiary/aromatic N) is 1. The molecular formula is C13H13N3O4S. The number of aromatic nitrogens is 2. The van der Waals surface area contributed by atoms with Gasteiger partial charge in [0.05, 0.1) is 19.9 Å². The normalized spacial score (nSPS) is 10.8. The molecule has 8 heteroatoms. The van der Waals surface area contributed by atoms with Crippen LogP contribution in [0.3, 0.4) is 0 Å². The fourth-order valence-corrected chi connectivity index (χ4v) is 1.84. The molecule has 21 heavy (non-hydrogen) atoms. The number of aromatic amines is 2. The molecule has 0 amide bonds. The van der Waals surface area contributed by atoms with E-state index in [0.717, 1.165) is 0 Å². The zero-order valence-corrected chi connectivity index (χ0v) is 12.2. The maximum absolute atomic E-state index is 11.7. The number of H-pyrrole nitrogens is 2. The lowest BCUT2D eigenvalue weighted by Crippen LogP contribution is -2.13. The fraction of sp³-hybridized carbons (Fsp3) is 0.154. The van der Waals surface area contributed by atoms with Gasteiger partial charge in [-0.2, -0.15) is 0 Å². The molecule has 0 unspecified atom stereocenters. The van der Waals surface area contributed by atoms with E-state index >= 15 is 0 Å². The van der Waals surface area contributed by atoms with Crippen molar-refractivity contribution in [1.82, 2.24) is 9.97 Å². The quantitative estimate of drug-likeness (QED) is 0.592. The number of ether oxygens (including phenoxy) is 2. The van der Waals surface area contributed by atoms with E-state index in [0.29, 0.717) is 17.2 Å². The third-order valence-corrected chi connectivity index (χ3v) is 2.87. The van der Waals surface area contributed by atoms with Crippen LogP contribution in [0.1, 0.15) is 5.56 Å². The monoisotopic (exact) mass is 307 g/mol. The minimum Gasteiger partial charge on any atom is -0.494 e. The van der Waals surface area contributed by atoms with Crippen molar-refractivity contribution < 1.29 is 14.6 Å². The molecule has 0 saturated heterocycles. The van der Waals surface area contributed by atoms with Gasteiger partial charge in [0.25, 0.3) is 5.56 Å². The summed E-state index contributed by atoms with van der Waals surface area (Å²) in [5.41, 5.74) is -0.00670. The summed E-state index contributed by atoms with van der Waals surface area (Å²) >= 11 is 4.74. The van der Waals surface area contributed by atoms with Crippen molar-refractivity contribution in [2.75, 3.05) is 14.2 Å². The molecule has 0 atom stereocenters. The molecule has 0 radical (unpaired) electrons. The van der Waals surface area contributed by atoms with Crippen LogP contribution in [0.2, 0.25) is 0 Å². The van der Waals surface area contributed by atoms with Crippen molar-refractivity contribution >= 4 is 24.1 Å². The molecule has 2 rings (SSSR count). The molecule has 1 aromatic carbocycles. The van der Waals surface area contributed by atoms with Crippen LogP contribution in [0, 0.1) is 4.77 Å². The largest absolute Gasteiger partial charge is 0.494 e. The minimum absolute atomic E-state index is 0.0154. The Morgan fingerprint density at radius 3 is 2.57 bits per heavy atom. The van der Waals surface area contributed by atoms with E-state index in [1.165, 1.54) is 20.4 Å². The van der Waals surface area contributed by atoms with E-state index < -0.39 is 5.56 Å². The Labute approximate surface area is 124 Å². The minimum atomic E-state index is -0.527. The molecule has 0 aliphatic carbocycles. The summed E-state index contributed by atoms with van der Waals surface area (Å²) in [6, 6.07) is 5.02. The highest BCUT2D eigenvalue weighted by atomic mass is 32.1. The number of benzene rings is 1. The van der Waals surface area contributed by atoms with Gasteiger partial charge in [-0.05, 0) is 24.4 Å². The summed E-state index contributed by atoms with van der Waals surface area (Å²) in [5.74, 6) is 0.742. The van der Waals surface area contributed by atoms with Crippen molar-refractivity contribution in [1.29, 1.82) is 0 Å². The van der Waals surface area contributed by atoms with E-state index in [4.69, 9.17) is 21.7 Å². The average Bonchev–Trinajstić information content (AvgIpc) is 2.45. The van der Waals surface area contributed by atoms with Gasteiger partial charge >= 0.3 is 0 Å². The molecule has 7 nitrogen and oxygen atoms in total. The van der Waals surface area contributed by atoms with Crippen molar-refractivity contribution in [2.45, 2.75) is 0 Å². The molecule has 110 valence electrons. The second-order valence-corrected chi connectivity index (χ2v) is 4.38. The first kappa shape index (κ1) is 14.8. The standard InChI is InChI=1S/C13H13N3O4S/c1-19-9-4-3-7(5-10(9)20-2)14-6-8-11(17)15-13(21)16-12(8)18/h3-6H,1-2H3,(H3,15,16,17,18,21). The van der Waals surface area contributed by atoms with Gasteiger partial charge in [0, 0.05) is 12.3 Å². The first-order chi connectivity index (χ1) is 10.0. The van der Waals surface area contributed by atoms with Crippen LogP contribution in [0.4, 0.5) is 5.69 Å². The molecule has 0 aliphatic rings. The van der Waals surface area contributed by atoms with Gasteiger partial charge < -0.3 is 19.6 Å². The van der Waals surface area contributed by atoms with E-state index in [-0.39, 0.29) is 16.2 Å². The van der Waals surface area contributed by atoms with Crippen LogP contribution in [0.5, 0.6) is 17.4 Å². The van der Waals surface area contributed by atoms with Gasteiger partial charge in [0.1, 0.15) is 5.56 Å². The third-order valence-electron chi connectivity index (χ3n) is 2.67. The van der Waals surface area contributed by atoms with Crippen molar-refractivity contribution in [2.24, 2.45) is 4.99 Å². The van der Waals surface area contributed by atoms with Gasteiger partial charge in [-0.1, -0.05) is 0 Å². The Morgan fingerprint density at radius 2 is 1.95 bits per heavy atom. The summed E-state index contributed by atoms with van der Waals surface area (Å²) in [7, 11) is 3.05. The van der Waals surface area contributed by atoms with Crippen molar-refractivity contribution in [3.05, 3.63) is 38.9 Å². The number of methoxy groups -OCH3 is 2. The van der Waals surface area contributed by atoms with Crippen LogP contribution in [0.15, 0.2) is 28.0 Å². The Balaban J connectivity index is 2.38. The molecule has 0 bridgehead atoms. The van der Waals surface area contributed by atoms with E-state index in [2.05, 4.69) is 15.0 Å². The summed E-state index contributed by atoms with van der Waals surface area (Å²) in [6.07, 6.45) is 1.24. The van der Waals surface area contributed by atoms with Gasteiger partial charge in [-0.3, -0.25) is 14.8 Å². The third kappa shape index (κ3) is 3.29. The summed E-state index contributed by atoms with van der Waals surface area (Å²) in [5, 5.41) is 9.65. The number of aliphatic imine (C=N–C) groups is 1. The molecule has 0 fully saturated rings. The predicted molar refractivity (Wildman–Crippen MR) is 80.7 cm³/mol. The lowest BCUT2D eigenvalue weighted by atomic mass is 10.2. The zero-order chi connectivity index (χ0) is 15.4. The summed E-state index contributed by atoms with van der Waals surface area (Å²) in [6.45, 7) is 0. The fourth-order valence-electron chi connectivity index (χ4n) is 1.65. The van der Waals surface area contributed by atoms with Crippen molar-refractivity contribution in [3.8, 4) is 17.4 Å². The Bertz CT molecular complexity index is 795. The maximum Gasteiger partial charge on any atom is 0.264 e. The van der Waals surface area contributed by atoms with Gasteiger partial charge in [-0.25, -0.2) is 0 Å². The molecular weight excluding hydrogens is 294 g/mol. The second kappa shape index (κ2) is 6.23. The van der Waals surface area contributed by atoms with Crippen LogP contribution >= 0.6 is 12.2 Å². The highest BCUT2D eigenvalue weighted by Gasteiger charge is 2.06. The van der Waals surface area contributed by atoms with Gasteiger partial charge in [-0.15, -0.1) is 0 Å². The second-order valence-electron chi connectivity index (χ2n) is 3.97. The number of nitrogens with one attached hydrogen (secondary N) is 2. The SMILES string of the molecule is COc1ccc(N=Cc2c(O)[nH]c(=S)[nH]c2=O)cc1OC. The molecule has 2 aromatic rings. The lowest BCUT2D eigenvalue weighted by Gasteiger charge is -2.07. The van der Waals surface area contributed by atoms with Crippen LogP contribution in [-0.2, 0) is 0 Å². The van der Waals surface area contributed by atoms with Gasteiger partial charge in [0.15, 0.2) is 16.3 Å². The molecule has 1 aromatic heterocycles. The van der Waals surface area contributed by atoms with E-state index in [9.17, 15) is 9.90 Å². The van der Waals surface area contributed by atoms with Crippen LogP contribution in [0.25, 0.3) is 0 Å². The first-order valence-electron chi connectivity index (χ1n) is 5.87. The number of hydrogen-bond acceptors (Lipinski definition) is 6. The molecule has 0 aliphatic heterocycles. The Kier molecular flexibility index (Phi) is 4.39. The molecule has 0 saturated carbocycles. The topological polar surface area (TPSA) is 99.7 Å². The number of aromatic hydroxyl groups is 1. The smallest absolute Gasteiger partial charge is 0.264 e. The first-order valence-corrected chi connectivity index (χ1v) is 6.27. The average molecular weight is 307 g/mol.